The number of anilines is 1. The van der Waals surface area contributed by atoms with Crippen molar-refractivity contribution >= 4 is 29.3 Å². The molecule has 1 amide bonds. The summed E-state index contributed by atoms with van der Waals surface area (Å²) in [6.45, 7) is 6.47. The number of hydrogen-bond acceptors (Lipinski definition) is 4. The Labute approximate surface area is 124 Å². The van der Waals surface area contributed by atoms with E-state index in [4.69, 9.17) is 4.74 Å². The van der Waals surface area contributed by atoms with Crippen LogP contribution in [-0.2, 0) is 9.53 Å². The van der Waals surface area contributed by atoms with E-state index in [9.17, 15) is 9.59 Å². The Hall–Kier alpha value is -1.49. The number of ether oxygens (including phenoxy) is 1. The fraction of sp³-hybridized carbons (Fsp3) is 0.467. The van der Waals surface area contributed by atoms with E-state index in [0.29, 0.717) is 28.9 Å². The quantitative estimate of drug-likeness (QED) is 0.784. The minimum absolute atomic E-state index is 0.0370. The number of hydrogen-bond donors (Lipinski definition) is 1. The first-order valence-corrected chi connectivity index (χ1v) is 7.76. The summed E-state index contributed by atoms with van der Waals surface area (Å²) in [6.07, 6.45) is 0.799. The van der Waals surface area contributed by atoms with Gasteiger partial charge in [0, 0.05) is 5.69 Å². The zero-order valence-electron chi connectivity index (χ0n) is 12.1. The van der Waals surface area contributed by atoms with E-state index < -0.39 is 0 Å². The fourth-order valence-electron chi connectivity index (χ4n) is 1.41. The van der Waals surface area contributed by atoms with Gasteiger partial charge in [0.1, 0.15) is 0 Å². The van der Waals surface area contributed by atoms with Crippen LogP contribution in [0.5, 0.6) is 0 Å². The number of benzene rings is 1. The van der Waals surface area contributed by atoms with E-state index in [2.05, 4.69) is 19.2 Å². The first-order valence-electron chi connectivity index (χ1n) is 6.71. The minimum Gasteiger partial charge on any atom is -0.462 e. The number of carbonyl (C=O) groups excluding carboxylic acids is 2. The van der Waals surface area contributed by atoms with Crippen LogP contribution in [0.15, 0.2) is 24.3 Å². The first kappa shape index (κ1) is 16.6. The third kappa shape index (κ3) is 6.10. The predicted molar refractivity (Wildman–Crippen MR) is 83.2 cm³/mol. The van der Waals surface area contributed by atoms with E-state index in [1.54, 1.807) is 36.0 Å². The molecule has 4 nitrogen and oxygen atoms in total. The fourth-order valence-corrected chi connectivity index (χ4v) is 1.96. The predicted octanol–water partition coefficient (Wildman–Crippen LogP) is 3.33. The van der Waals surface area contributed by atoms with Crippen molar-refractivity contribution in [1.82, 2.24) is 0 Å². The highest BCUT2D eigenvalue weighted by Crippen LogP contribution is 2.13. The molecule has 0 aliphatic rings. The van der Waals surface area contributed by atoms with Gasteiger partial charge in [0.15, 0.2) is 0 Å². The number of carbonyl (C=O) groups is 2. The van der Waals surface area contributed by atoms with Crippen LogP contribution < -0.4 is 5.32 Å². The van der Waals surface area contributed by atoms with Gasteiger partial charge in [0.2, 0.25) is 5.91 Å². The second-order valence-electron chi connectivity index (χ2n) is 4.62. The molecule has 0 heterocycles. The maximum Gasteiger partial charge on any atom is 0.338 e. The van der Waals surface area contributed by atoms with E-state index >= 15 is 0 Å². The molecular formula is C15H21NO3S. The molecule has 110 valence electrons. The SMILES string of the molecule is CCCOC(=O)c1ccc(NC(=O)CSC(C)C)cc1. The topological polar surface area (TPSA) is 55.4 Å². The van der Waals surface area contributed by atoms with Gasteiger partial charge in [-0.15, -0.1) is 11.8 Å². The molecule has 0 saturated carbocycles. The second kappa shape index (κ2) is 8.64. The largest absolute Gasteiger partial charge is 0.462 e. The molecule has 0 aromatic heterocycles. The van der Waals surface area contributed by atoms with Crippen LogP contribution in [-0.4, -0.2) is 29.5 Å². The Morgan fingerprint density at radius 3 is 2.45 bits per heavy atom. The Kier molecular flexibility index (Phi) is 7.15. The number of nitrogens with one attached hydrogen (secondary N) is 1. The van der Waals surface area contributed by atoms with Crippen molar-refractivity contribution in [2.24, 2.45) is 0 Å². The maximum atomic E-state index is 11.7. The second-order valence-corrected chi connectivity index (χ2v) is 6.19. The highest BCUT2D eigenvalue weighted by Gasteiger charge is 2.08. The summed E-state index contributed by atoms with van der Waals surface area (Å²) in [5.41, 5.74) is 1.18. The third-order valence-corrected chi connectivity index (χ3v) is 3.48. The summed E-state index contributed by atoms with van der Waals surface area (Å²) in [5.74, 6) is 0.0583. The monoisotopic (exact) mass is 295 g/mol. The molecule has 20 heavy (non-hydrogen) atoms. The smallest absolute Gasteiger partial charge is 0.338 e. The summed E-state index contributed by atoms with van der Waals surface area (Å²) < 4.78 is 5.03. The lowest BCUT2D eigenvalue weighted by Crippen LogP contribution is -2.15. The first-order chi connectivity index (χ1) is 9.52. The van der Waals surface area contributed by atoms with Gasteiger partial charge >= 0.3 is 5.97 Å². The van der Waals surface area contributed by atoms with Gasteiger partial charge in [0.05, 0.1) is 17.9 Å². The average molecular weight is 295 g/mol. The van der Waals surface area contributed by atoms with Gasteiger partial charge in [-0.2, -0.15) is 0 Å². The van der Waals surface area contributed by atoms with Gasteiger partial charge in [-0.25, -0.2) is 4.79 Å². The molecule has 1 N–H and O–H groups in total. The van der Waals surface area contributed by atoms with Crippen molar-refractivity contribution in [3.8, 4) is 0 Å². The van der Waals surface area contributed by atoms with Crippen LogP contribution in [0.3, 0.4) is 0 Å². The summed E-state index contributed by atoms with van der Waals surface area (Å²) in [6, 6.07) is 6.73. The molecule has 1 aromatic rings. The van der Waals surface area contributed by atoms with Crippen molar-refractivity contribution in [1.29, 1.82) is 0 Å². The van der Waals surface area contributed by atoms with E-state index in [1.807, 2.05) is 6.92 Å². The van der Waals surface area contributed by atoms with Gasteiger partial charge in [-0.3, -0.25) is 4.79 Å². The van der Waals surface area contributed by atoms with Crippen molar-refractivity contribution in [3.05, 3.63) is 29.8 Å². The molecule has 5 heteroatoms. The van der Waals surface area contributed by atoms with Crippen LogP contribution in [0.4, 0.5) is 5.69 Å². The molecule has 0 saturated heterocycles. The number of thioether (sulfide) groups is 1. The summed E-state index contributed by atoms with van der Waals surface area (Å²) >= 11 is 1.59. The highest BCUT2D eigenvalue weighted by molar-refractivity contribution is 8.00. The van der Waals surface area contributed by atoms with Crippen molar-refractivity contribution < 1.29 is 14.3 Å². The normalized spacial score (nSPS) is 10.4. The summed E-state index contributed by atoms with van der Waals surface area (Å²) in [4.78, 5) is 23.3. The number of esters is 1. The molecule has 0 aliphatic carbocycles. The van der Waals surface area contributed by atoms with Crippen LogP contribution in [0.25, 0.3) is 0 Å². The number of rotatable bonds is 7. The van der Waals surface area contributed by atoms with E-state index in [0.717, 1.165) is 6.42 Å². The number of amides is 1. The molecule has 0 aliphatic heterocycles. The standard InChI is InChI=1S/C15H21NO3S/c1-4-9-19-15(18)12-5-7-13(8-6-12)16-14(17)10-20-11(2)3/h5-8,11H,4,9-10H2,1-3H3,(H,16,17). The van der Waals surface area contributed by atoms with Gasteiger partial charge < -0.3 is 10.1 Å². The highest BCUT2D eigenvalue weighted by atomic mass is 32.2. The van der Waals surface area contributed by atoms with Crippen molar-refractivity contribution in [2.75, 3.05) is 17.7 Å². The lowest BCUT2D eigenvalue weighted by Gasteiger charge is -2.08. The molecule has 1 rings (SSSR count). The van der Waals surface area contributed by atoms with Crippen LogP contribution in [0, 0.1) is 0 Å². The minimum atomic E-state index is -0.333. The molecule has 0 bridgehead atoms. The average Bonchev–Trinajstić information content (AvgIpc) is 2.43. The molecule has 0 radical (unpaired) electrons. The molecule has 0 fully saturated rings. The molecule has 0 spiro atoms. The Morgan fingerprint density at radius 1 is 1.25 bits per heavy atom. The Morgan fingerprint density at radius 2 is 1.90 bits per heavy atom. The van der Waals surface area contributed by atoms with Crippen LogP contribution >= 0.6 is 11.8 Å². The molecule has 0 unspecified atom stereocenters. The third-order valence-electron chi connectivity index (χ3n) is 2.39. The summed E-state index contributed by atoms with van der Waals surface area (Å²) in [5, 5.41) is 3.22. The lowest BCUT2D eigenvalue weighted by atomic mass is 10.2. The van der Waals surface area contributed by atoms with Gasteiger partial charge in [-0.1, -0.05) is 20.8 Å². The van der Waals surface area contributed by atoms with E-state index in [1.165, 1.54) is 0 Å². The van der Waals surface area contributed by atoms with Crippen molar-refractivity contribution in [3.63, 3.8) is 0 Å². The maximum absolute atomic E-state index is 11.7. The molecular weight excluding hydrogens is 274 g/mol. The van der Waals surface area contributed by atoms with Gasteiger partial charge in [-0.05, 0) is 35.9 Å². The zero-order valence-corrected chi connectivity index (χ0v) is 13.0. The Balaban J connectivity index is 2.50. The molecule has 0 atom stereocenters. The lowest BCUT2D eigenvalue weighted by molar-refractivity contribution is -0.113. The molecule has 1 aromatic carbocycles. The van der Waals surface area contributed by atoms with Crippen molar-refractivity contribution in [2.45, 2.75) is 32.4 Å². The van der Waals surface area contributed by atoms with Crippen LogP contribution in [0.1, 0.15) is 37.6 Å². The van der Waals surface area contributed by atoms with Gasteiger partial charge in [0.25, 0.3) is 0 Å². The Bertz CT molecular complexity index is 443. The van der Waals surface area contributed by atoms with Crippen LogP contribution in [0.2, 0.25) is 0 Å². The summed E-state index contributed by atoms with van der Waals surface area (Å²) in [7, 11) is 0. The zero-order chi connectivity index (χ0) is 15.0. The van der Waals surface area contributed by atoms with E-state index in [-0.39, 0.29) is 11.9 Å².